The van der Waals surface area contributed by atoms with Crippen molar-refractivity contribution in [1.82, 2.24) is 10.6 Å². The summed E-state index contributed by atoms with van der Waals surface area (Å²) in [5.74, 6) is -2.36. The van der Waals surface area contributed by atoms with Gasteiger partial charge in [-0.1, -0.05) is 0 Å². The van der Waals surface area contributed by atoms with Gasteiger partial charge in [0.15, 0.2) is 0 Å². The number of phenols is 1. The first-order valence-corrected chi connectivity index (χ1v) is 10.1. The molecule has 2 rings (SSSR count). The van der Waals surface area contributed by atoms with Gasteiger partial charge in [-0.05, 0) is 81.4 Å². The quantitative estimate of drug-likeness (QED) is 0.222. The van der Waals surface area contributed by atoms with Crippen LogP contribution >= 0.6 is 0 Å². The first kappa shape index (κ1) is 23.8. The van der Waals surface area contributed by atoms with Crippen LogP contribution in [-0.4, -0.2) is 54.2 Å². The van der Waals surface area contributed by atoms with Gasteiger partial charge in [0.25, 0.3) is 11.8 Å². The van der Waals surface area contributed by atoms with Gasteiger partial charge in [-0.15, -0.1) is 0 Å². The molecule has 0 radical (unpaired) electrons. The summed E-state index contributed by atoms with van der Waals surface area (Å²) < 4.78 is 0. The van der Waals surface area contributed by atoms with Crippen LogP contribution in [0, 0.1) is 0 Å². The maximum atomic E-state index is 12.4. The molecule has 0 saturated carbocycles. The summed E-state index contributed by atoms with van der Waals surface area (Å²) in [5.41, 5.74) is 6.10. The minimum Gasteiger partial charge on any atom is -0.507 e. The van der Waals surface area contributed by atoms with Gasteiger partial charge in [0, 0.05) is 23.4 Å². The highest BCUT2D eigenvalue weighted by atomic mass is 16.4. The number of aromatic carboxylic acids is 1. The molecule has 0 aliphatic rings. The molecule has 9 nitrogen and oxygen atoms in total. The minimum atomic E-state index is -1.30. The summed E-state index contributed by atoms with van der Waals surface area (Å²) >= 11 is 0. The number of aromatic hydroxyl groups is 1. The number of nitrogens with one attached hydrogen (secondary N) is 3. The van der Waals surface area contributed by atoms with Crippen LogP contribution in [-0.2, 0) is 0 Å². The van der Waals surface area contributed by atoms with Crippen molar-refractivity contribution in [2.45, 2.75) is 19.3 Å². The van der Waals surface area contributed by atoms with E-state index in [1.54, 1.807) is 12.1 Å². The maximum Gasteiger partial charge on any atom is 0.339 e. The summed E-state index contributed by atoms with van der Waals surface area (Å²) in [6, 6.07) is 9.91. The Morgan fingerprint density at radius 2 is 1.45 bits per heavy atom. The largest absolute Gasteiger partial charge is 0.507 e. The highest BCUT2D eigenvalue weighted by Gasteiger charge is 2.13. The van der Waals surface area contributed by atoms with Gasteiger partial charge < -0.3 is 31.9 Å². The second-order valence-corrected chi connectivity index (χ2v) is 6.92. The molecule has 0 saturated heterocycles. The number of nitrogens with two attached hydrogens (primary N) is 1. The lowest BCUT2D eigenvalue weighted by atomic mass is 10.1. The van der Waals surface area contributed by atoms with Gasteiger partial charge in [0.2, 0.25) is 0 Å². The van der Waals surface area contributed by atoms with Crippen molar-refractivity contribution in [2.24, 2.45) is 5.73 Å². The number of rotatable bonds is 12. The number of hydrogen-bond acceptors (Lipinski definition) is 6. The molecule has 0 bridgehead atoms. The third kappa shape index (κ3) is 7.72. The molecule has 9 heteroatoms. The number of benzene rings is 2. The van der Waals surface area contributed by atoms with E-state index in [4.69, 9.17) is 10.8 Å². The van der Waals surface area contributed by atoms with E-state index in [9.17, 15) is 19.5 Å². The van der Waals surface area contributed by atoms with Gasteiger partial charge in [0.05, 0.1) is 0 Å². The molecule has 7 N–H and O–H groups in total. The minimum absolute atomic E-state index is 0.215. The third-order valence-electron chi connectivity index (χ3n) is 4.52. The molecule has 2 aromatic rings. The molecule has 166 valence electrons. The Morgan fingerprint density at radius 1 is 0.839 bits per heavy atom. The molecule has 0 aromatic heterocycles. The lowest BCUT2D eigenvalue weighted by molar-refractivity contribution is 0.0693. The van der Waals surface area contributed by atoms with E-state index in [1.165, 1.54) is 30.3 Å². The zero-order valence-electron chi connectivity index (χ0n) is 17.2. The van der Waals surface area contributed by atoms with Gasteiger partial charge in [-0.2, -0.15) is 0 Å². The van der Waals surface area contributed by atoms with E-state index in [-0.39, 0.29) is 22.9 Å². The third-order valence-corrected chi connectivity index (χ3v) is 4.52. The number of hydrogen-bond donors (Lipinski definition) is 6. The topological polar surface area (TPSA) is 154 Å². The molecule has 0 heterocycles. The van der Waals surface area contributed by atoms with Crippen molar-refractivity contribution < 1.29 is 24.6 Å². The summed E-state index contributed by atoms with van der Waals surface area (Å²) in [6.45, 7) is 3.02. The van der Waals surface area contributed by atoms with Gasteiger partial charge in [-0.3, -0.25) is 9.59 Å². The first-order chi connectivity index (χ1) is 14.9. The zero-order valence-corrected chi connectivity index (χ0v) is 17.2. The molecule has 0 unspecified atom stereocenters. The Bertz CT molecular complexity index is 899. The van der Waals surface area contributed by atoms with Crippen LogP contribution in [0.4, 0.5) is 5.69 Å². The van der Waals surface area contributed by atoms with Gasteiger partial charge >= 0.3 is 5.97 Å². The molecule has 0 aliphatic carbocycles. The number of anilines is 1. The van der Waals surface area contributed by atoms with Crippen LogP contribution in [0.15, 0.2) is 42.5 Å². The van der Waals surface area contributed by atoms with Crippen LogP contribution < -0.4 is 21.7 Å². The molecule has 0 aliphatic heterocycles. The maximum absolute atomic E-state index is 12.4. The van der Waals surface area contributed by atoms with Gasteiger partial charge in [0.1, 0.15) is 11.3 Å². The molecule has 0 spiro atoms. The Hall–Kier alpha value is -3.43. The van der Waals surface area contributed by atoms with Crippen molar-refractivity contribution in [3.05, 3.63) is 59.2 Å². The van der Waals surface area contributed by atoms with Crippen LogP contribution in [0.25, 0.3) is 0 Å². The number of carbonyl (C=O) groups excluding carboxylic acids is 2. The van der Waals surface area contributed by atoms with E-state index < -0.39 is 11.9 Å². The van der Waals surface area contributed by atoms with Crippen LogP contribution in [0.3, 0.4) is 0 Å². The van der Waals surface area contributed by atoms with Crippen molar-refractivity contribution in [1.29, 1.82) is 0 Å². The van der Waals surface area contributed by atoms with E-state index in [0.717, 1.165) is 32.4 Å². The molecular weight excluding hydrogens is 400 g/mol. The standard InChI is InChI=1S/C22H28N4O5/c23-10-3-12-24-11-1-2-13-25-20(28)15-4-6-16(7-5-15)21(29)26-17-8-9-19(27)18(14-17)22(30)31/h4-9,14,24,27H,1-3,10-13,23H2,(H,25,28)(H,26,29)(H,30,31). The Morgan fingerprint density at radius 3 is 2.10 bits per heavy atom. The van der Waals surface area contributed by atoms with E-state index in [0.29, 0.717) is 24.2 Å². The fraction of sp³-hybridized carbons (Fsp3) is 0.318. The average molecular weight is 428 g/mol. The molecule has 2 aromatic carbocycles. The number of carboxylic acids is 1. The summed E-state index contributed by atoms with van der Waals surface area (Å²) in [7, 11) is 0. The number of carbonyl (C=O) groups is 3. The summed E-state index contributed by atoms with van der Waals surface area (Å²) in [6.07, 6.45) is 2.75. The normalized spacial score (nSPS) is 10.5. The smallest absolute Gasteiger partial charge is 0.339 e. The first-order valence-electron chi connectivity index (χ1n) is 10.1. The summed E-state index contributed by atoms with van der Waals surface area (Å²) in [4.78, 5) is 35.6. The van der Waals surface area contributed by atoms with E-state index in [1.807, 2.05) is 0 Å². The number of carboxylic acid groups (broad SMARTS) is 1. The van der Waals surface area contributed by atoms with Crippen molar-refractivity contribution in [2.75, 3.05) is 31.5 Å². The predicted molar refractivity (Wildman–Crippen MR) is 118 cm³/mol. The molecule has 31 heavy (non-hydrogen) atoms. The number of amides is 2. The van der Waals surface area contributed by atoms with Crippen LogP contribution in [0.2, 0.25) is 0 Å². The Balaban J connectivity index is 1.81. The molecule has 0 fully saturated rings. The molecule has 0 atom stereocenters. The Labute approximate surface area is 180 Å². The van der Waals surface area contributed by atoms with Crippen molar-refractivity contribution in [3.8, 4) is 5.75 Å². The lowest BCUT2D eigenvalue weighted by Crippen LogP contribution is -2.26. The second kappa shape index (κ2) is 12.3. The van der Waals surface area contributed by atoms with E-state index in [2.05, 4.69) is 16.0 Å². The average Bonchev–Trinajstić information content (AvgIpc) is 2.76. The summed E-state index contributed by atoms with van der Waals surface area (Å²) in [5, 5.41) is 27.3. The van der Waals surface area contributed by atoms with Crippen LogP contribution in [0.5, 0.6) is 5.75 Å². The highest BCUT2D eigenvalue weighted by molar-refractivity contribution is 6.05. The highest BCUT2D eigenvalue weighted by Crippen LogP contribution is 2.22. The van der Waals surface area contributed by atoms with Crippen LogP contribution in [0.1, 0.15) is 50.3 Å². The van der Waals surface area contributed by atoms with Crippen molar-refractivity contribution in [3.63, 3.8) is 0 Å². The number of unbranched alkanes of at least 4 members (excludes halogenated alkanes) is 1. The zero-order chi connectivity index (χ0) is 22.6. The lowest BCUT2D eigenvalue weighted by Gasteiger charge is -2.09. The van der Waals surface area contributed by atoms with E-state index >= 15 is 0 Å². The molecular formula is C22H28N4O5. The fourth-order valence-corrected chi connectivity index (χ4v) is 2.79. The SMILES string of the molecule is NCCCNCCCCNC(=O)c1ccc(C(=O)Nc2ccc(O)c(C(=O)O)c2)cc1. The fourth-order valence-electron chi connectivity index (χ4n) is 2.79. The second-order valence-electron chi connectivity index (χ2n) is 6.92. The van der Waals surface area contributed by atoms with Crippen molar-refractivity contribution >= 4 is 23.5 Å². The van der Waals surface area contributed by atoms with Gasteiger partial charge in [-0.25, -0.2) is 4.79 Å². The molecule has 2 amide bonds. The monoisotopic (exact) mass is 428 g/mol. The Kier molecular flexibility index (Phi) is 9.47. The predicted octanol–water partition coefficient (Wildman–Crippen LogP) is 1.79.